The maximum absolute atomic E-state index is 13.7. The molecule has 5 nitrogen and oxygen atoms in total. The first kappa shape index (κ1) is 20.0. The summed E-state index contributed by atoms with van der Waals surface area (Å²) in [6.07, 6.45) is 1.46. The van der Waals surface area contributed by atoms with Crippen LogP contribution in [0.2, 0.25) is 0 Å². The molecule has 0 saturated heterocycles. The summed E-state index contributed by atoms with van der Waals surface area (Å²) in [5.41, 5.74) is 2.04. The fourth-order valence-electron chi connectivity index (χ4n) is 2.77. The molecule has 0 spiro atoms. The van der Waals surface area contributed by atoms with E-state index in [4.69, 9.17) is 4.42 Å². The van der Waals surface area contributed by atoms with Crippen LogP contribution in [0, 0.1) is 24.1 Å². The Bertz CT molecular complexity index is 1400. The number of rotatable bonds is 4. The SMILES string of the molecule is Cc1ccc(NC=C(C#N)c2nc(-c3cc4cc(Br)ccc4oc3=O)cs2)cc1F. The van der Waals surface area contributed by atoms with Gasteiger partial charge in [-0.2, -0.15) is 5.26 Å². The number of nitriles is 1. The van der Waals surface area contributed by atoms with Crippen LogP contribution in [-0.2, 0) is 0 Å². The van der Waals surface area contributed by atoms with Crippen LogP contribution < -0.4 is 10.9 Å². The van der Waals surface area contributed by atoms with Crippen molar-refractivity contribution >= 4 is 49.5 Å². The van der Waals surface area contributed by atoms with Gasteiger partial charge in [0.25, 0.3) is 0 Å². The Balaban J connectivity index is 1.66. The smallest absolute Gasteiger partial charge is 0.345 e. The lowest BCUT2D eigenvalue weighted by molar-refractivity contribution is 0.563. The van der Waals surface area contributed by atoms with Gasteiger partial charge in [0, 0.05) is 27.1 Å². The molecule has 0 aliphatic heterocycles. The average Bonchev–Trinajstić information content (AvgIpc) is 3.20. The molecule has 2 aromatic heterocycles. The molecular weight excluding hydrogens is 469 g/mol. The number of hydrogen-bond acceptors (Lipinski definition) is 6. The van der Waals surface area contributed by atoms with E-state index in [0.29, 0.717) is 33.1 Å². The van der Waals surface area contributed by atoms with E-state index in [0.717, 1.165) is 9.86 Å². The lowest BCUT2D eigenvalue weighted by atomic mass is 10.1. The zero-order valence-electron chi connectivity index (χ0n) is 15.6. The molecule has 8 heteroatoms. The second-order valence-corrected chi connectivity index (χ2v) is 8.22. The zero-order valence-corrected chi connectivity index (χ0v) is 18.0. The van der Waals surface area contributed by atoms with E-state index in [1.807, 2.05) is 6.07 Å². The van der Waals surface area contributed by atoms with Crippen molar-refractivity contribution in [1.29, 1.82) is 5.26 Å². The maximum atomic E-state index is 13.7. The van der Waals surface area contributed by atoms with Gasteiger partial charge in [0.15, 0.2) is 0 Å². The van der Waals surface area contributed by atoms with Gasteiger partial charge in [0.1, 0.15) is 28.1 Å². The third kappa shape index (κ3) is 4.03. The maximum Gasteiger partial charge on any atom is 0.345 e. The summed E-state index contributed by atoms with van der Waals surface area (Å²) in [7, 11) is 0. The summed E-state index contributed by atoms with van der Waals surface area (Å²) < 4.78 is 19.9. The summed E-state index contributed by atoms with van der Waals surface area (Å²) in [6.45, 7) is 1.68. The van der Waals surface area contributed by atoms with E-state index in [1.165, 1.54) is 23.6 Å². The van der Waals surface area contributed by atoms with Crippen molar-refractivity contribution in [1.82, 2.24) is 4.98 Å². The molecule has 0 aliphatic rings. The number of nitrogens with one attached hydrogen (secondary N) is 1. The summed E-state index contributed by atoms with van der Waals surface area (Å²) in [6, 6.07) is 13.9. The van der Waals surface area contributed by atoms with Gasteiger partial charge in [-0.1, -0.05) is 22.0 Å². The molecular formula is C22H13BrFN3O2S. The Labute approximate surface area is 183 Å². The number of nitrogens with zero attached hydrogens (tertiary/aromatic N) is 2. The number of thiazole rings is 1. The largest absolute Gasteiger partial charge is 0.422 e. The first-order valence-corrected chi connectivity index (χ1v) is 10.4. The summed E-state index contributed by atoms with van der Waals surface area (Å²) >= 11 is 4.63. The number of halogens is 2. The van der Waals surface area contributed by atoms with Gasteiger partial charge >= 0.3 is 5.63 Å². The lowest BCUT2D eigenvalue weighted by Crippen LogP contribution is -2.03. The Kier molecular flexibility index (Phi) is 5.48. The van der Waals surface area contributed by atoms with Gasteiger partial charge in [0.2, 0.25) is 0 Å². The Morgan fingerprint density at radius 3 is 2.90 bits per heavy atom. The zero-order chi connectivity index (χ0) is 21.3. The van der Waals surface area contributed by atoms with Crippen LogP contribution in [0.5, 0.6) is 0 Å². The fourth-order valence-corrected chi connectivity index (χ4v) is 3.94. The third-order valence-electron chi connectivity index (χ3n) is 4.38. The van der Waals surface area contributed by atoms with Gasteiger partial charge in [-0.05, 0) is 48.9 Å². The minimum absolute atomic E-state index is 0.264. The van der Waals surface area contributed by atoms with Gasteiger partial charge in [-0.15, -0.1) is 11.3 Å². The first-order chi connectivity index (χ1) is 14.4. The number of allylic oxidation sites excluding steroid dienone is 1. The number of benzene rings is 2. The van der Waals surface area contributed by atoms with Crippen molar-refractivity contribution in [3.8, 4) is 17.3 Å². The fraction of sp³-hybridized carbons (Fsp3) is 0.0455. The number of fused-ring (bicyclic) bond motifs is 1. The molecule has 0 aliphatic carbocycles. The molecule has 0 bridgehead atoms. The number of anilines is 1. The molecule has 30 heavy (non-hydrogen) atoms. The first-order valence-electron chi connectivity index (χ1n) is 8.77. The van der Waals surface area contributed by atoms with Crippen LogP contribution in [0.1, 0.15) is 10.6 Å². The predicted molar refractivity (Wildman–Crippen MR) is 120 cm³/mol. The van der Waals surface area contributed by atoms with Crippen LogP contribution >= 0.6 is 27.3 Å². The molecule has 0 amide bonds. The second kappa shape index (κ2) is 8.22. The van der Waals surface area contributed by atoms with Crippen molar-refractivity contribution in [2.45, 2.75) is 6.92 Å². The topological polar surface area (TPSA) is 78.9 Å². The molecule has 0 saturated carbocycles. The molecule has 0 fully saturated rings. The van der Waals surface area contributed by atoms with E-state index < -0.39 is 5.63 Å². The van der Waals surface area contributed by atoms with Crippen molar-refractivity contribution in [3.05, 3.63) is 85.3 Å². The second-order valence-electron chi connectivity index (χ2n) is 6.45. The van der Waals surface area contributed by atoms with Crippen molar-refractivity contribution in [2.24, 2.45) is 0 Å². The van der Waals surface area contributed by atoms with Crippen LogP contribution in [0.25, 0.3) is 27.8 Å². The van der Waals surface area contributed by atoms with E-state index >= 15 is 0 Å². The molecule has 0 radical (unpaired) electrons. The van der Waals surface area contributed by atoms with Crippen molar-refractivity contribution in [3.63, 3.8) is 0 Å². The summed E-state index contributed by atoms with van der Waals surface area (Å²) in [5, 5.41) is 15.3. The highest BCUT2D eigenvalue weighted by Crippen LogP contribution is 2.27. The van der Waals surface area contributed by atoms with E-state index in [2.05, 4.69) is 32.3 Å². The highest BCUT2D eigenvalue weighted by molar-refractivity contribution is 9.10. The number of hydrogen-bond donors (Lipinski definition) is 1. The molecule has 0 unspecified atom stereocenters. The highest BCUT2D eigenvalue weighted by Gasteiger charge is 2.14. The van der Waals surface area contributed by atoms with Gasteiger partial charge in [-0.3, -0.25) is 0 Å². The third-order valence-corrected chi connectivity index (χ3v) is 5.75. The van der Waals surface area contributed by atoms with Crippen LogP contribution in [-0.4, -0.2) is 4.98 Å². The van der Waals surface area contributed by atoms with Crippen LogP contribution in [0.3, 0.4) is 0 Å². The molecule has 4 aromatic rings. The Morgan fingerprint density at radius 2 is 2.13 bits per heavy atom. The highest BCUT2D eigenvalue weighted by atomic mass is 79.9. The van der Waals surface area contributed by atoms with E-state index in [-0.39, 0.29) is 11.4 Å². The van der Waals surface area contributed by atoms with Crippen LogP contribution in [0.15, 0.2) is 67.7 Å². The quantitative estimate of drug-likeness (QED) is 0.281. The van der Waals surface area contributed by atoms with E-state index in [9.17, 15) is 14.4 Å². The standard InChI is InChI=1S/C22H13BrFN3O2S/c1-12-2-4-16(8-18(12)24)26-10-14(9-25)21-27-19(11-30-21)17-7-13-6-15(23)3-5-20(13)29-22(17)28/h2-8,10-11,26H,1H3. The Morgan fingerprint density at radius 1 is 1.30 bits per heavy atom. The summed E-state index contributed by atoms with van der Waals surface area (Å²) in [5.74, 6) is -0.335. The summed E-state index contributed by atoms with van der Waals surface area (Å²) in [4.78, 5) is 16.8. The number of aromatic nitrogens is 1. The molecule has 2 heterocycles. The monoisotopic (exact) mass is 481 g/mol. The predicted octanol–water partition coefficient (Wildman–Crippen LogP) is 6.10. The van der Waals surface area contributed by atoms with Crippen LogP contribution in [0.4, 0.5) is 10.1 Å². The molecule has 2 aromatic carbocycles. The van der Waals surface area contributed by atoms with Gasteiger partial charge in [-0.25, -0.2) is 14.2 Å². The molecule has 148 valence electrons. The van der Waals surface area contributed by atoms with Gasteiger partial charge in [0.05, 0.1) is 11.3 Å². The lowest BCUT2D eigenvalue weighted by Gasteiger charge is -2.03. The molecule has 0 atom stereocenters. The Hall–Kier alpha value is -3.28. The normalized spacial score (nSPS) is 11.5. The van der Waals surface area contributed by atoms with E-state index in [1.54, 1.807) is 42.6 Å². The molecule has 4 rings (SSSR count). The van der Waals surface area contributed by atoms with Crippen molar-refractivity contribution in [2.75, 3.05) is 5.32 Å². The number of aryl methyl sites for hydroxylation is 1. The average molecular weight is 482 g/mol. The van der Waals surface area contributed by atoms with Gasteiger partial charge < -0.3 is 9.73 Å². The minimum atomic E-state index is -0.502. The molecule has 1 N–H and O–H groups in total. The minimum Gasteiger partial charge on any atom is -0.422 e. The van der Waals surface area contributed by atoms with Crippen molar-refractivity contribution < 1.29 is 8.81 Å².